The van der Waals surface area contributed by atoms with Crippen LogP contribution in [0.15, 0.2) is 30.3 Å². The number of carboxylic acids is 2. The predicted octanol–water partition coefficient (Wildman–Crippen LogP) is -2.13. The second-order valence-electron chi connectivity index (χ2n) is 8.13. The number of aliphatic carboxylic acids is 2. The summed E-state index contributed by atoms with van der Waals surface area (Å²) in [7, 11) is 0. The van der Waals surface area contributed by atoms with Crippen LogP contribution in [-0.2, 0) is 35.2 Å². The Hall–Kier alpha value is -4.00. The van der Waals surface area contributed by atoms with Crippen molar-refractivity contribution in [2.75, 3.05) is 6.54 Å². The maximum Gasteiger partial charge on any atom is 0.326 e. The molecule has 0 radical (unpaired) electrons. The van der Waals surface area contributed by atoms with E-state index in [2.05, 4.69) is 21.3 Å². The molecule has 0 aromatic heterocycles. The number of benzene rings is 1. The van der Waals surface area contributed by atoms with Crippen LogP contribution in [0, 0.1) is 0 Å². The molecular formula is C22H29N5O8. The molecule has 4 atom stereocenters. The summed E-state index contributed by atoms with van der Waals surface area (Å²) in [6.07, 6.45) is -0.264. The van der Waals surface area contributed by atoms with Crippen LogP contribution in [0.1, 0.15) is 31.2 Å². The third-order valence-corrected chi connectivity index (χ3v) is 5.32. The molecule has 1 fully saturated rings. The van der Waals surface area contributed by atoms with Crippen molar-refractivity contribution in [1.29, 1.82) is 0 Å². The normalized spacial score (nSPS) is 17.4. The third-order valence-electron chi connectivity index (χ3n) is 5.32. The van der Waals surface area contributed by atoms with Gasteiger partial charge in [-0.2, -0.15) is 0 Å². The molecule has 35 heavy (non-hydrogen) atoms. The summed E-state index contributed by atoms with van der Waals surface area (Å²) in [5.74, 6) is -6.29. The third kappa shape index (κ3) is 9.04. The Kier molecular flexibility index (Phi) is 10.1. The highest BCUT2D eigenvalue weighted by Gasteiger charge is 2.33. The van der Waals surface area contributed by atoms with E-state index in [4.69, 9.17) is 10.8 Å². The molecular weight excluding hydrogens is 462 g/mol. The molecule has 4 amide bonds. The van der Waals surface area contributed by atoms with E-state index >= 15 is 0 Å². The molecule has 0 bridgehead atoms. The average Bonchev–Trinajstić information content (AvgIpc) is 3.33. The molecule has 0 spiro atoms. The number of hydrogen-bond donors (Lipinski definition) is 7. The Balaban J connectivity index is 2.12. The van der Waals surface area contributed by atoms with Gasteiger partial charge in [0.05, 0.1) is 18.9 Å². The maximum atomic E-state index is 12.8. The van der Waals surface area contributed by atoms with E-state index in [-0.39, 0.29) is 6.42 Å². The van der Waals surface area contributed by atoms with Crippen LogP contribution in [0.25, 0.3) is 0 Å². The predicted molar refractivity (Wildman–Crippen MR) is 121 cm³/mol. The number of hydrogen-bond acceptors (Lipinski definition) is 7. The second-order valence-corrected chi connectivity index (χ2v) is 8.13. The van der Waals surface area contributed by atoms with Gasteiger partial charge in [-0.15, -0.1) is 0 Å². The smallest absolute Gasteiger partial charge is 0.326 e. The minimum absolute atomic E-state index is 0.0642. The lowest BCUT2D eigenvalue weighted by Gasteiger charge is -2.24. The van der Waals surface area contributed by atoms with E-state index in [0.717, 1.165) is 6.42 Å². The summed E-state index contributed by atoms with van der Waals surface area (Å²) in [6.45, 7) is 0.600. The van der Waals surface area contributed by atoms with Gasteiger partial charge in [0, 0.05) is 6.42 Å². The summed E-state index contributed by atoms with van der Waals surface area (Å²) in [4.78, 5) is 72.4. The summed E-state index contributed by atoms with van der Waals surface area (Å²) in [6, 6.07) is 3.39. The summed E-state index contributed by atoms with van der Waals surface area (Å²) in [5, 5.41) is 28.4. The van der Waals surface area contributed by atoms with Gasteiger partial charge in [0.15, 0.2) is 0 Å². The zero-order valence-electron chi connectivity index (χ0n) is 18.9. The lowest BCUT2D eigenvalue weighted by atomic mass is 10.0. The first-order valence-electron chi connectivity index (χ1n) is 11.0. The first-order valence-corrected chi connectivity index (χ1v) is 11.0. The van der Waals surface area contributed by atoms with E-state index in [1.165, 1.54) is 0 Å². The lowest BCUT2D eigenvalue weighted by molar-refractivity contribution is -0.143. The highest BCUT2D eigenvalue weighted by Crippen LogP contribution is 2.07. The van der Waals surface area contributed by atoms with Gasteiger partial charge >= 0.3 is 11.9 Å². The lowest BCUT2D eigenvalue weighted by Crippen LogP contribution is -2.58. The first-order chi connectivity index (χ1) is 16.6. The Morgan fingerprint density at radius 1 is 0.914 bits per heavy atom. The van der Waals surface area contributed by atoms with Gasteiger partial charge in [0.25, 0.3) is 0 Å². The molecule has 1 aliphatic rings. The first kappa shape index (κ1) is 27.2. The van der Waals surface area contributed by atoms with E-state index in [1.54, 1.807) is 30.3 Å². The monoisotopic (exact) mass is 491 g/mol. The van der Waals surface area contributed by atoms with Crippen LogP contribution in [0.5, 0.6) is 0 Å². The minimum atomic E-state index is -1.59. The van der Waals surface area contributed by atoms with Crippen LogP contribution >= 0.6 is 0 Å². The number of carboxylic acid groups (broad SMARTS) is 2. The standard InChI is InChI=1S/C22H29N5O8/c23-17(28)10-14(20(32)27-16(22(34)35)9-12-5-2-1-3-6-12)25-21(33)15(11-18(29)30)26-19(31)13-7-4-8-24-13/h1-3,5-6,13-16,24H,4,7-11H2,(H2,23,28)(H,25,33)(H,26,31)(H,27,32)(H,29,30)(H,34,35). The molecule has 1 saturated heterocycles. The van der Waals surface area contributed by atoms with Crippen molar-refractivity contribution in [1.82, 2.24) is 21.3 Å². The van der Waals surface area contributed by atoms with Crippen molar-refractivity contribution in [3.05, 3.63) is 35.9 Å². The number of nitrogens with one attached hydrogen (secondary N) is 4. The van der Waals surface area contributed by atoms with Crippen molar-refractivity contribution in [2.45, 2.75) is 56.3 Å². The molecule has 1 aromatic rings. The van der Waals surface area contributed by atoms with Crippen molar-refractivity contribution >= 4 is 35.6 Å². The highest BCUT2D eigenvalue weighted by molar-refractivity contribution is 5.97. The van der Waals surface area contributed by atoms with E-state index < -0.39 is 72.6 Å². The molecule has 13 heteroatoms. The van der Waals surface area contributed by atoms with Crippen LogP contribution in [0.4, 0.5) is 0 Å². The van der Waals surface area contributed by atoms with Gasteiger partial charge in [0.1, 0.15) is 18.1 Å². The van der Waals surface area contributed by atoms with Crippen molar-refractivity contribution in [3.8, 4) is 0 Å². The van der Waals surface area contributed by atoms with Crippen molar-refractivity contribution in [2.24, 2.45) is 5.73 Å². The van der Waals surface area contributed by atoms with Crippen LogP contribution in [0.2, 0.25) is 0 Å². The molecule has 190 valence electrons. The number of rotatable bonds is 13. The zero-order valence-corrected chi connectivity index (χ0v) is 18.9. The van der Waals surface area contributed by atoms with Gasteiger partial charge < -0.3 is 37.2 Å². The second kappa shape index (κ2) is 13.0. The fourth-order valence-corrected chi connectivity index (χ4v) is 3.57. The fraction of sp³-hybridized carbons (Fsp3) is 0.455. The van der Waals surface area contributed by atoms with Crippen LogP contribution in [-0.4, -0.2) is 76.5 Å². The number of primary amides is 1. The molecule has 1 heterocycles. The largest absolute Gasteiger partial charge is 0.481 e. The number of carbonyl (C=O) groups is 6. The molecule has 4 unspecified atom stereocenters. The molecule has 8 N–H and O–H groups in total. The Morgan fingerprint density at radius 3 is 2.03 bits per heavy atom. The average molecular weight is 492 g/mol. The summed E-state index contributed by atoms with van der Waals surface area (Å²) in [5.41, 5.74) is 5.81. The van der Waals surface area contributed by atoms with E-state index in [1.807, 2.05) is 0 Å². The molecule has 1 aliphatic heterocycles. The summed E-state index contributed by atoms with van der Waals surface area (Å²) >= 11 is 0. The van der Waals surface area contributed by atoms with Gasteiger partial charge in [-0.05, 0) is 24.9 Å². The summed E-state index contributed by atoms with van der Waals surface area (Å²) < 4.78 is 0. The van der Waals surface area contributed by atoms with Gasteiger partial charge in [-0.25, -0.2) is 4.79 Å². The van der Waals surface area contributed by atoms with E-state index in [9.17, 15) is 33.9 Å². The quantitative estimate of drug-likeness (QED) is 0.160. The Bertz CT molecular complexity index is 948. The van der Waals surface area contributed by atoms with Gasteiger partial charge in [0.2, 0.25) is 23.6 Å². The minimum Gasteiger partial charge on any atom is -0.481 e. The fourth-order valence-electron chi connectivity index (χ4n) is 3.57. The molecule has 13 nitrogen and oxygen atoms in total. The maximum absolute atomic E-state index is 12.8. The SMILES string of the molecule is NC(=O)CC(NC(=O)C(CC(=O)O)NC(=O)C1CCCN1)C(=O)NC(Cc1ccccc1)C(=O)O. The van der Waals surface area contributed by atoms with Crippen LogP contribution < -0.4 is 27.0 Å². The molecule has 1 aromatic carbocycles. The zero-order chi connectivity index (χ0) is 26.0. The molecule has 2 rings (SSSR count). The van der Waals surface area contributed by atoms with E-state index in [0.29, 0.717) is 18.5 Å². The highest BCUT2D eigenvalue weighted by atomic mass is 16.4. The number of amides is 4. The number of nitrogens with two attached hydrogens (primary N) is 1. The van der Waals surface area contributed by atoms with Crippen molar-refractivity contribution in [3.63, 3.8) is 0 Å². The van der Waals surface area contributed by atoms with Gasteiger partial charge in [-0.1, -0.05) is 30.3 Å². The molecule has 0 saturated carbocycles. The topological polar surface area (TPSA) is 217 Å². The van der Waals surface area contributed by atoms with Crippen LogP contribution in [0.3, 0.4) is 0 Å². The van der Waals surface area contributed by atoms with Crippen molar-refractivity contribution < 1.29 is 39.0 Å². The number of carbonyl (C=O) groups excluding carboxylic acids is 4. The Labute approximate surface area is 200 Å². The molecule has 0 aliphatic carbocycles. The van der Waals surface area contributed by atoms with Gasteiger partial charge in [-0.3, -0.25) is 24.0 Å². The Morgan fingerprint density at radius 2 is 1.51 bits per heavy atom.